The van der Waals surface area contributed by atoms with Gasteiger partial charge in [0.15, 0.2) is 6.61 Å². The number of aromatic nitrogens is 1. The predicted molar refractivity (Wildman–Crippen MR) is 92.7 cm³/mol. The van der Waals surface area contributed by atoms with Crippen molar-refractivity contribution < 1.29 is 14.1 Å². The Morgan fingerprint density at radius 1 is 1.42 bits per heavy atom. The highest BCUT2D eigenvalue weighted by atomic mass is 35.5. The lowest BCUT2D eigenvalue weighted by Crippen LogP contribution is -2.21. The molecular formula is C18H21ClN2O3. The second-order valence-electron chi connectivity index (χ2n) is 6.49. The number of nitrogens with zero attached hydrogens (tertiary/aromatic N) is 1. The highest BCUT2D eigenvalue weighted by Crippen LogP contribution is 2.30. The summed E-state index contributed by atoms with van der Waals surface area (Å²) in [5, 5.41) is 7.53. The van der Waals surface area contributed by atoms with E-state index in [2.05, 4.69) is 17.4 Å². The molecule has 1 N–H and O–H groups in total. The van der Waals surface area contributed by atoms with Crippen LogP contribution in [0.2, 0.25) is 5.02 Å². The van der Waals surface area contributed by atoms with Crippen LogP contribution in [0.5, 0.6) is 5.75 Å². The molecular weight excluding hydrogens is 328 g/mol. The number of hydrogen-bond donors (Lipinski definition) is 1. The molecule has 0 spiro atoms. The molecule has 0 saturated heterocycles. The Balaban J connectivity index is 1.62. The maximum Gasteiger partial charge on any atom is 0.264 e. The lowest BCUT2D eigenvalue weighted by atomic mass is 9.89. The van der Waals surface area contributed by atoms with E-state index in [1.807, 2.05) is 26.0 Å². The maximum atomic E-state index is 12.1. The predicted octanol–water partition coefficient (Wildman–Crippen LogP) is 4.09. The van der Waals surface area contributed by atoms with E-state index in [9.17, 15) is 4.79 Å². The molecule has 0 fully saturated rings. The average molecular weight is 349 g/mol. The smallest absolute Gasteiger partial charge is 0.264 e. The zero-order chi connectivity index (χ0) is 17.3. The zero-order valence-corrected chi connectivity index (χ0v) is 14.9. The quantitative estimate of drug-likeness (QED) is 0.903. The van der Waals surface area contributed by atoms with Crippen molar-refractivity contribution in [3.63, 3.8) is 0 Å². The molecule has 0 unspecified atom stereocenters. The summed E-state index contributed by atoms with van der Waals surface area (Å²) in [5.41, 5.74) is 3.81. The van der Waals surface area contributed by atoms with Crippen molar-refractivity contribution in [2.45, 2.75) is 40.0 Å². The third-order valence-corrected chi connectivity index (χ3v) is 4.93. The summed E-state index contributed by atoms with van der Waals surface area (Å²) in [6.45, 7) is 5.91. The molecule has 2 aromatic rings. The number of anilines is 1. The Labute approximate surface area is 146 Å². The second-order valence-corrected chi connectivity index (χ2v) is 6.87. The van der Waals surface area contributed by atoms with E-state index in [4.69, 9.17) is 20.9 Å². The minimum atomic E-state index is -0.266. The van der Waals surface area contributed by atoms with Crippen LogP contribution in [0.15, 0.2) is 16.7 Å². The number of carbonyl (C=O) groups is 1. The van der Waals surface area contributed by atoms with Crippen molar-refractivity contribution >= 4 is 23.4 Å². The summed E-state index contributed by atoms with van der Waals surface area (Å²) in [5.74, 6) is 1.38. The Morgan fingerprint density at radius 2 is 2.12 bits per heavy atom. The zero-order valence-electron chi connectivity index (χ0n) is 14.1. The van der Waals surface area contributed by atoms with Crippen molar-refractivity contribution in [3.05, 3.63) is 39.5 Å². The van der Waals surface area contributed by atoms with Crippen LogP contribution >= 0.6 is 11.6 Å². The van der Waals surface area contributed by atoms with E-state index < -0.39 is 0 Å². The normalized spacial score (nSPS) is 16.6. The van der Waals surface area contributed by atoms with Crippen LogP contribution in [0, 0.1) is 19.8 Å². The first kappa shape index (κ1) is 16.8. The summed E-state index contributed by atoms with van der Waals surface area (Å²) in [7, 11) is 0. The van der Waals surface area contributed by atoms with Gasteiger partial charge in [0.05, 0.1) is 5.69 Å². The van der Waals surface area contributed by atoms with Gasteiger partial charge in [-0.05, 0) is 62.3 Å². The van der Waals surface area contributed by atoms with Gasteiger partial charge in [-0.15, -0.1) is 0 Å². The number of hydrogen-bond acceptors (Lipinski definition) is 4. The van der Waals surface area contributed by atoms with Crippen molar-refractivity contribution in [1.29, 1.82) is 0 Å². The number of ether oxygens (including phenoxy) is 1. The van der Waals surface area contributed by atoms with Gasteiger partial charge in [0.2, 0.25) is 5.88 Å². The summed E-state index contributed by atoms with van der Waals surface area (Å²) in [6.07, 6.45) is 2.88. The van der Waals surface area contributed by atoms with Crippen LogP contribution in [-0.2, 0) is 17.6 Å². The molecule has 24 heavy (non-hydrogen) atoms. The molecule has 6 heteroatoms. The molecule has 0 aliphatic heterocycles. The van der Waals surface area contributed by atoms with Gasteiger partial charge in [-0.25, -0.2) is 0 Å². The van der Waals surface area contributed by atoms with Crippen molar-refractivity contribution in [1.82, 2.24) is 5.16 Å². The third kappa shape index (κ3) is 3.56. The topological polar surface area (TPSA) is 64.4 Å². The van der Waals surface area contributed by atoms with Gasteiger partial charge >= 0.3 is 0 Å². The molecule has 5 nitrogen and oxygen atoms in total. The molecule has 0 saturated carbocycles. The highest BCUT2D eigenvalue weighted by Gasteiger charge is 2.24. The van der Waals surface area contributed by atoms with Crippen molar-refractivity contribution in [2.75, 3.05) is 11.9 Å². The van der Waals surface area contributed by atoms with Crippen molar-refractivity contribution in [3.8, 4) is 5.75 Å². The van der Waals surface area contributed by atoms with Crippen molar-refractivity contribution in [2.24, 2.45) is 5.92 Å². The van der Waals surface area contributed by atoms with E-state index >= 15 is 0 Å². The number of aryl methyl sites for hydroxylation is 3. The Morgan fingerprint density at radius 3 is 2.83 bits per heavy atom. The number of carbonyl (C=O) groups excluding carboxylic acids is 1. The molecule has 1 aromatic heterocycles. The molecule has 1 heterocycles. The molecule has 0 radical (unpaired) electrons. The van der Waals surface area contributed by atoms with Gasteiger partial charge in [-0.2, -0.15) is 0 Å². The minimum Gasteiger partial charge on any atom is -0.484 e. The largest absolute Gasteiger partial charge is 0.484 e. The number of amides is 1. The van der Waals surface area contributed by atoms with Gasteiger partial charge in [-0.1, -0.05) is 23.7 Å². The van der Waals surface area contributed by atoms with Gasteiger partial charge in [-0.3, -0.25) is 10.1 Å². The van der Waals surface area contributed by atoms with Crippen LogP contribution in [0.1, 0.15) is 35.7 Å². The minimum absolute atomic E-state index is 0.0917. The third-order valence-electron chi connectivity index (χ3n) is 4.33. The second kappa shape index (κ2) is 6.85. The van der Waals surface area contributed by atoms with Gasteiger partial charge < -0.3 is 9.26 Å². The standard InChI is InChI=1S/C18H21ClN2O3/c1-10-4-5-15-14(6-10)18(24-21-15)20-16(22)9-23-13-7-11(2)17(19)12(3)8-13/h7-8,10H,4-6,9H2,1-3H3,(H,20,22)/t10-/m1/s1. The molecule has 1 aliphatic rings. The highest BCUT2D eigenvalue weighted by molar-refractivity contribution is 6.32. The lowest BCUT2D eigenvalue weighted by Gasteiger charge is -2.16. The first-order valence-corrected chi connectivity index (χ1v) is 8.48. The van der Waals surface area contributed by atoms with Gasteiger partial charge in [0.25, 0.3) is 5.91 Å². The van der Waals surface area contributed by atoms with Crippen LogP contribution in [0.4, 0.5) is 5.88 Å². The number of fused-ring (bicyclic) bond motifs is 1. The molecule has 1 aliphatic carbocycles. The van der Waals surface area contributed by atoms with E-state index in [-0.39, 0.29) is 12.5 Å². The fourth-order valence-corrected chi connectivity index (χ4v) is 3.09. The summed E-state index contributed by atoms with van der Waals surface area (Å²) < 4.78 is 10.9. The molecule has 0 bridgehead atoms. The molecule has 1 atom stereocenters. The fraction of sp³-hybridized carbons (Fsp3) is 0.444. The molecule has 1 aromatic carbocycles. The number of halogens is 1. The molecule has 1 amide bonds. The first-order valence-electron chi connectivity index (χ1n) is 8.11. The number of nitrogens with one attached hydrogen (secondary N) is 1. The lowest BCUT2D eigenvalue weighted by molar-refractivity contribution is -0.118. The number of rotatable bonds is 4. The van der Waals surface area contributed by atoms with E-state index in [0.717, 1.165) is 41.6 Å². The summed E-state index contributed by atoms with van der Waals surface area (Å²) in [6, 6.07) is 3.64. The maximum absolute atomic E-state index is 12.1. The van der Waals surface area contributed by atoms with Gasteiger partial charge in [0.1, 0.15) is 5.75 Å². The van der Waals surface area contributed by atoms with Gasteiger partial charge in [0, 0.05) is 10.6 Å². The number of benzene rings is 1. The van der Waals surface area contributed by atoms with Crippen LogP contribution in [0.3, 0.4) is 0 Å². The Hall–Kier alpha value is -2.01. The Kier molecular flexibility index (Phi) is 4.81. The average Bonchev–Trinajstić information content (AvgIpc) is 2.92. The SMILES string of the molecule is Cc1cc(OCC(=O)Nc2onc3c2C[C@H](C)CC3)cc(C)c1Cl. The first-order chi connectivity index (χ1) is 11.4. The van der Waals surface area contributed by atoms with Crippen LogP contribution < -0.4 is 10.1 Å². The molecule has 128 valence electrons. The fourth-order valence-electron chi connectivity index (χ4n) is 2.98. The Bertz CT molecular complexity index is 747. The summed E-state index contributed by atoms with van der Waals surface area (Å²) >= 11 is 6.13. The summed E-state index contributed by atoms with van der Waals surface area (Å²) in [4.78, 5) is 12.1. The molecule has 3 rings (SSSR count). The van der Waals surface area contributed by atoms with E-state index in [0.29, 0.717) is 22.6 Å². The van der Waals surface area contributed by atoms with E-state index in [1.165, 1.54) is 0 Å². The van der Waals surface area contributed by atoms with Crippen LogP contribution in [0.25, 0.3) is 0 Å². The van der Waals surface area contributed by atoms with E-state index in [1.54, 1.807) is 0 Å². The monoisotopic (exact) mass is 348 g/mol. The van der Waals surface area contributed by atoms with Crippen LogP contribution in [-0.4, -0.2) is 17.7 Å².